The molecule has 1 aliphatic rings. The molecule has 3 heterocycles. The molecule has 1 saturated heterocycles. The fourth-order valence-corrected chi connectivity index (χ4v) is 3.20. The Kier molecular flexibility index (Phi) is 2.83. The first-order valence-corrected chi connectivity index (χ1v) is 6.88. The summed E-state index contributed by atoms with van der Waals surface area (Å²) < 4.78 is 7.55. The zero-order valence-electron chi connectivity index (χ0n) is 10.4. The maximum atomic E-state index is 11.3. The quantitative estimate of drug-likeness (QED) is 0.777. The molecular weight excluding hydrogens is 250 g/mol. The molecule has 0 N–H and O–H groups in total. The minimum Gasteiger partial charge on any atom is -0.372 e. The van der Waals surface area contributed by atoms with Gasteiger partial charge in [-0.3, -0.25) is 9.20 Å². The molecule has 0 aromatic carbocycles. The second-order valence-corrected chi connectivity index (χ2v) is 5.53. The van der Waals surface area contributed by atoms with Crippen LogP contribution in [0.15, 0.2) is 11.6 Å². The Labute approximate surface area is 109 Å². The molecule has 6 heteroatoms. The van der Waals surface area contributed by atoms with Gasteiger partial charge in [0.05, 0.1) is 12.2 Å². The molecule has 5 nitrogen and oxygen atoms in total. The summed E-state index contributed by atoms with van der Waals surface area (Å²) in [6.45, 7) is 5.63. The lowest BCUT2D eigenvalue weighted by Crippen LogP contribution is -2.46. The summed E-state index contributed by atoms with van der Waals surface area (Å²) in [5.41, 5.74) is 0.632. The average molecular weight is 265 g/mol. The van der Waals surface area contributed by atoms with E-state index in [0.717, 1.165) is 30.2 Å². The largest absolute Gasteiger partial charge is 0.372 e. The van der Waals surface area contributed by atoms with Crippen LogP contribution in [0.1, 0.15) is 24.3 Å². The van der Waals surface area contributed by atoms with E-state index < -0.39 is 0 Å². The molecule has 18 heavy (non-hydrogen) atoms. The number of hydrogen-bond donors (Lipinski definition) is 0. The maximum Gasteiger partial charge on any atom is 0.196 e. The number of carbonyl (C=O) groups is 1. The molecule has 0 amide bonds. The van der Waals surface area contributed by atoms with Crippen LogP contribution in [0.2, 0.25) is 0 Å². The highest BCUT2D eigenvalue weighted by molar-refractivity contribution is 7.15. The Bertz CT molecular complexity index is 567. The molecule has 2 aromatic heterocycles. The summed E-state index contributed by atoms with van der Waals surface area (Å²) in [4.78, 5) is 18.8. The summed E-state index contributed by atoms with van der Waals surface area (Å²) >= 11 is 1.54. The number of fused-ring (bicyclic) bond motifs is 1. The number of aldehydes is 1. The zero-order valence-corrected chi connectivity index (χ0v) is 11.2. The molecule has 2 atom stereocenters. The SMILES string of the molecule is C[C@@H]1CN(c2nc3sccn3c2C=O)C[C@H](C)O1. The minimum absolute atomic E-state index is 0.160. The van der Waals surface area contributed by atoms with Crippen LogP contribution in [0.25, 0.3) is 4.96 Å². The van der Waals surface area contributed by atoms with E-state index in [1.807, 2.05) is 29.8 Å². The van der Waals surface area contributed by atoms with Gasteiger partial charge in [-0.05, 0) is 13.8 Å². The Morgan fingerprint density at radius 1 is 1.44 bits per heavy atom. The van der Waals surface area contributed by atoms with Crippen molar-refractivity contribution >= 4 is 28.4 Å². The van der Waals surface area contributed by atoms with Crippen LogP contribution in [-0.2, 0) is 4.74 Å². The third kappa shape index (κ3) is 1.81. The van der Waals surface area contributed by atoms with Gasteiger partial charge in [0.25, 0.3) is 0 Å². The predicted octanol–water partition coefficient (Wildman–Crippen LogP) is 1.82. The van der Waals surface area contributed by atoms with Gasteiger partial charge >= 0.3 is 0 Å². The van der Waals surface area contributed by atoms with E-state index in [-0.39, 0.29) is 12.2 Å². The van der Waals surface area contributed by atoms with Crippen molar-refractivity contribution in [3.05, 3.63) is 17.3 Å². The van der Waals surface area contributed by atoms with Crippen molar-refractivity contribution < 1.29 is 9.53 Å². The summed E-state index contributed by atoms with van der Waals surface area (Å²) in [7, 11) is 0. The van der Waals surface area contributed by atoms with Gasteiger partial charge < -0.3 is 9.64 Å². The van der Waals surface area contributed by atoms with Crippen molar-refractivity contribution in [2.75, 3.05) is 18.0 Å². The van der Waals surface area contributed by atoms with E-state index in [9.17, 15) is 4.79 Å². The standard InChI is InChI=1S/C12H15N3O2S/c1-8-5-14(6-9(2)17-8)11-10(7-16)15-3-4-18-12(15)13-11/h3-4,7-9H,5-6H2,1-2H3/t8-,9+. The first-order valence-electron chi connectivity index (χ1n) is 6.00. The van der Waals surface area contributed by atoms with Crippen LogP contribution in [0.4, 0.5) is 5.82 Å². The van der Waals surface area contributed by atoms with E-state index in [4.69, 9.17) is 4.74 Å². The highest BCUT2D eigenvalue weighted by Crippen LogP contribution is 2.26. The molecule has 0 radical (unpaired) electrons. The van der Waals surface area contributed by atoms with Gasteiger partial charge in [-0.25, -0.2) is 4.98 Å². The van der Waals surface area contributed by atoms with Crippen LogP contribution >= 0.6 is 11.3 Å². The molecule has 0 aliphatic carbocycles. The zero-order chi connectivity index (χ0) is 12.7. The third-order valence-electron chi connectivity index (χ3n) is 3.11. The number of imidazole rings is 1. The van der Waals surface area contributed by atoms with Gasteiger partial charge in [0.2, 0.25) is 0 Å². The number of hydrogen-bond acceptors (Lipinski definition) is 5. The minimum atomic E-state index is 0.160. The number of aromatic nitrogens is 2. The monoisotopic (exact) mass is 265 g/mol. The van der Waals surface area contributed by atoms with Crippen molar-refractivity contribution in [3.63, 3.8) is 0 Å². The average Bonchev–Trinajstić information content (AvgIpc) is 2.86. The predicted molar refractivity (Wildman–Crippen MR) is 70.7 cm³/mol. The summed E-state index contributed by atoms with van der Waals surface area (Å²) in [6, 6.07) is 0. The Balaban J connectivity index is 2.02. The van der Waals surface area contributed by atoms with E-state index in [2.05, 4.69) is 9.88 Å². The van der Waals surface area contributed by atoms with Crippen LogP contribution in [-0.4, -0.2) is 41.0 Å². The second kappa shape index (κ2) is 4.37. The first kappa shape index (κ1) is 11.7. The molecule has 0 unspecified atom stereocenters. The lowest BCUT2D eigenvalue weighted by molar-refractivity contribution is -0.00547. The Morgan fingerprint density at radius 3 is 2.83 bits per heavy atom. The third-order valence-corrected chi connectivity index (χ3v) is 3.87. The Hall–Kier alpha value is -1.40. The molecule has 0 saturated carbocycles. The van der Waals surface area contributed by atoms with Gasteiger partial charge in [-0.1, -0.05) is 0 Å². The normalized spacial score (nSPS) is 24.7. The number of anilines is 1. The lowest BCUT2D eigenvalue weighted by atomic mass is 10.2. The molecule has 1 aliphatic heterocycles. The highest BCUT2D eigenvalue weighted by Gasteiger charge is 2.26. The second-order valence-electron chi connectivity index (χ2n) is 4.66. The number of morpholine rings is 1. The van der Waals surface area contributed by atoms with E-state index >= 15 is 0 Å². The summed E-state index contributed by atoms with van der Waals surface area (Å²) in [5, 5.41) is 1.93. The van der Waals surface area contributed by atoms with Crippen molar-refractivity contribution in [2.45, 2.75) is 26.1 Å². The molecule has 0 bridgehead atoms. The number of thiazole rings is 1. The van der Waals surface area contributed by atoms with E-state index in [0.29, 0.717) is 5.69 Å². The number of ether oxygens (including phenoxy) is 1. The maximum absolute atomic E-state index is 11.3. The van der Waals surface area contributed by atoms with Crippen LogP contribution < -0.4 is 4.90 Å². The molecule has 0 spiro atoms. The van der Waals surface area contributed by atoms with Gasteiger partial charge in [0.1, 0.15) is 5.69 Å². The first-order chi connectivity index (χ1) is 8.69. The van der Waals surface area contributed by atoms with Crippen molar-refractivity contribution in [3.8, 4) is 0 Å². The topological polar surface area (TPSA) is 46.8 Å². The number of nitrogens with zero attached hydrogens (tertiary/aromatic N) is 3. The molecule has 3 rings (SSSR count). The molecule has 2 aromatic rings. The number of carbonyl (C=O) groups excluding carboxylic acids is 1. The van der Waals surface area contributed by atoms with E-state index in [1.54, 1.807) is 0 Å². The van der Waals surface area contributed by atoms with Crippen LogP contribution in [0, 0.1) is 0 Å². The van der Waals surface area contributed by atoms with E-state index in [1.165, 1.54) is 11.3 Å². The lowest BCUT2D eigenvalue weighted by Gasteiger charge is -2.35. The number of rotatable bonds is 2. The summed E-state index contributed by atoms with van der Waals surface area (Å²) in [6.07, 6.45) is 3.08. The molecule has 96 valence electrons. The summed E-state index contributed by atoms with van der Waals surface area (Å²) in [5.74, 6) is 0.777. The fraction of sp³-hybridized carbons (Fsp3) is 0.500. The smallest absolute Gasteiger partial charge is 0.196 e. The van der Waals surface area contributed by atoms with Gasteiger partial charge in [-0.2, -0.15) is 0 Å². The van der Waals surface area contributed by atoms with Crippen molar-refractivity contribution in [1.29, 1.82) is 0 Å². The van der Waals surface area contributed by atoms with Gasteiger partial charge in [0.15, 0.2) is 17.1 Å². The van der Waals surface area contributed by atoms with Crippen molar-refractivity contribution in [2.24, 2.45) is 0 Å². The van der Waals surface area contributed by atoms with Gasteiger partial charge in [0, 0.05) is 24.7 Å². The fourth-order valence-electron chi connectivity index (χ4n) is 2.48. The van der Waals surface area contributed by atoms with Crippen LogP contribution in [0.3, 0.4) is 0 Å². The Morgan fingerprint density at radius 2 is 2.17 bits per heavy atom. The van der Waals surface area contributed by atoms with Gasteiger partial charge in [-0.15, -0.1) is 11.3 Å². The highest BCUT2D eigenvalue weighted by atomic mass is 32.1. The molecule has 1 fully saturated rings. The molecular formula is C12H15N3O2S. The van der Waals surface area contributed by atoms with Crippen LogP contribution in [0.5, 0.6) is 0 Å². The van der Waals surface area contributed by atoms with Crippen molar-refractivity contribution in [1.82, 2.24) is 9.38 Å².